The van der Waals surface area contributed by atoms with Crippen LogP contribution < -0.4 is 5.73 Å². The first-order valence-electron chi connectivity index (χ1n) is 6.46. The van der Waals surface area contributed by atoms with Gasteiger partial charge in [0, 0.05) is 11.4 Å². The fourth-order valence-corrected chi connectivity index (χ4v) is 3.75. The van der Waals surface area contributed by atoms with E-state index in [2.05, 4.69) is 4.98 Å². The Morgan fingerprint density at radius 1 is 1.45 bits per heavy atom. The van der Waals surface area contributed by atoms with Gasteiger partial charge in [0.25, 0.3) is 5.91 Å². The Morgan fingerprint density at radius 2 is 2.10 bits per heavy atom. The Balaban J connectivity index is 2.17. The zero-order valence-electron chi connectivity index (χ0n) is 11.6. The van der Waals surface area contributed by atoms with Crippen LogP contribution in [0.1, 0.15) is 40.9 Å². The van der Waals surface area contributed by atoms with Crippen LogP contribution in [0.25, 0.3) is 0 Å². The Bertz CT molecular complexity index is 568. The Labute approximate surface area is 122 Å². The molecule has 0 spiro atoms. The molecule has 0 atom stereocenters. The number of hydrogen-bond donors (Lipinski definition) is 2. The van der Waals surface area contributed by atoms with Crippen LogP contribution in [0.5, 0.6) is 0 Å². The molecule has 1 aromatic rings. The molecule has 5 nitrogen and oxygen atoms in total. The van der Waals surface area contributed by atoms with Crippen LogP contribution in [-0.2, 0) is 4.79 Å². The average Bonchev–Trinajstić information content (AvgIpc) is 3.04. The second-order valence-electron chi connectivity index (χ2n) is 5.48. The number of pyridine rings is 1. The fraction of sp³-hybridized carbons (Fsp3) is 0.500. The maximum absolute atomic E-state index is 11.5. The summed E-state index contributed by atoms with van der Waals surface area (Å²) in [6, 6.07) is 1.83. The average molecular weight is 294 g/mol. The number of nitrogens with two attached hydrogens (primary N) is 1. The lowest BCUT2D eigenvalue weighted by molar-refractivity contribution is -0.138. The SMILES string of the molecule is Cc1cc(C)c(C(N)=O)c(SCC2(CC(=O)O)CC2)n1. The van der Waals surface area contributed by atoms with Gasteiger partial charge >= 0.3 is 5.97 Å². The van der Waals surface area contributed by atoms with Crippen LogP contribution in [-0.4, -0.2) is 27.7 Å². The normalized spacial score (nSPS) is 15.9. The smallest absolute Gasteiger partial charge is 0.303 e. The minimum absolute atomic E-state index is 0.134. The lowest BCUT2D eigenvalue weighted by Gasteiger charge is -2.14. The molecular weight excluding hydrogens is 276 g/mol. The first-order valence-corrected chi connectivity index (χ1v) is 7.44. The molecule has 1 amide bonds. The van der Waals surface area contributed by atoms with E-state index in [1.54, 1.807) is 0 Å². The van der Waals surface area contributed by atoms with Crippen molar-refractivity contribution in [2.45, 2.75) is 38.1 Å². The van der Waals surface area contributed by atoms with Crippen LogP contribution in [0, 0.1) is 19.3 Å². The molecule has 3 N–H and O–H groups in total. The van der Waals surface area contributed by atoms with Crippen molar-refractivity contribution in [2.24, 2.45) is 11.1 Å². The molecule has 0 unspecified atom stereocenters. The minimum atomic E-state index is -0.772. The largest absolute Gasteiger partial charge is 0.481 e. The van der Waals surface area contributed by atoms with E-state index in [-0.39, 0.29) is 11.8 Å². The van der Waals surface area contributed by atoms with Crippen LogP contribution in [0.3, 0.4) is 0 Å². The van der Waals surface area contributed by atoms with E-state index in [4.69, 9.17) is 10.8 Å². The first-order chi connectivity index (χ1) is 9.33. The number of aliphatic carboxylic acids is 1. The van der Waals surface area contributed by atoms with Gasteiger partial charge in [0.15, 0.2) is 0 Å². The molecule has 0 saturated heterocycles. The number of hydrogen-bond acceptors (Lipinski definition) is 4. The van der Waals surface area contributed by atoms with Gasteiger partial charge in [-0.2, -0.15) is 0 Å². The summed E-state index contributed by atoms with van der Waals surface area (Å²) in [6.07, 6.45) is 2.02. The maximum atomic E-state index is 11.5. The highest BCUT2D eigenvalue weighted by Gasteiger charge is 2.44. The van der Waals surface area contributed by atoms with Gasteiger partial charge in [0.2, 0.25) is 0 Å². The summed E-state index contributed by atoms with van der Waals surface area (Å²) in [5, 5.41) is 9.54. The highest BCUT2D eigenvalue weighted by molar-refractivity contribution is 7.99. The monoisotopic (exact) mass is 294 g/mol. The van der Waals surface area contributed by atoms with Crippen molar-refractivity contribution in [1.29, 1.82) is 0 Å². The second kappa shape index (κ2) is 5.44. The van der Waals surface area contributed by atoms with Gasteiger partial charge in [-0.1, -0.05) is 0 Å². The van der Waals surface area contributed by atoms with Gasteiger partial charge in [-0.3, -0.25) is 9.59 Å². The quantitative estimate of drug-likeness (QED) is 0.784. The van der Waals surface area contributed by atoms with Gasteiger partial charge in [0.05, 0.1) is 12.0 Å². The molecular formula is C14H18N2O3S. The number of rotatable bonds is 6. The summed E-state index contributed by atoms with van der Waals surface area (Å²) in [5.41, 5.74) is 7.38. The van der Waals surface area contributed by atoms with E-state index in [0.717, 1.165) is 24.1 Å². The van der Waals surface area contributed by atoms with Crippen molar-refractivity contribution >= 4 is 23.6 Å². The van der Waals surface area contributed by atoms with E-state index >= 15 is 0 Å². The topological polar surface area (TPSA) is 93.3 Å². The van der Waals surface area contributed by atoms with Crippen molar-refractivity contribution < 1.29 is 14.7 Å². The van der Waals surface area contributed by atoms with Crippen LogP contribution in [0.15, 0.2) is 11.1 Å². The van der Waals surface area contributed by atoms with Crippen molar-refractivity contribution in [3.63, 3.8) is 0 Å². The van der Waals surface area contributed by atoms with Gasteiger partial charge in [0.1, 0.15) is 5.03 Å². The first kappa shape index (κ1) is 14.8. The van der Waals surface area contributed by atoms with Gasteiger partial charge < -0.3 is 10.8 Å². The molecule has 0 bridgehead atoms. The lowest BCUT2D eigenvalue weighted by Crippen LogP contribution is -2.17. The molecule has 108 valence electrons. The summed E-state index contributed by atoms with van der Waals surface area (Å²) in [6.45, 7) is 3.70. The maximum Gasteiger partial charge on any atom is 0.303 e. The highest BCUT2D eigenvalue weighted by atomic mass is 32.2. The molecule has 0 radical (unpaired) electrons. The number of carboxylic acid groups (broad SMARTS) is 1. The van der Waals surface area contributed by atoms with Gasteiger partial charge in [-0.05, 0) is 43.7 Å². The number of amides is 1. The predicted molar refractivity (Wildman–Crippen MR) is 76.9 cm³/mol. The summed E-state index contributed by atoms with van der Waals surface area (Å²) in [4.78, 5) is 26.8. The molecule has 0 aliphatic heterocycles. The second-order valence-corrected chi connectivity index (χ2v) is 6.45. The molecule has 6 heteroatoms. The molecule has 0 aromatic carbocycles. The molecule has 1 aromatic heterocycles. The van der Waals surface area contributed by atoms with Crippen molar-refractivity contribution in [3.05, 3.63) is 22.9 Å². The molecule has 1 aliphatic rings. The van der Waals surface area contributed by atoms with E-state index in [1.807, 2.05) is 19.9 Å². The number of aryl methyl sites for hydroxylation is 2. The van der Waals surface area contributed by atoms with E-state index in [0.29, 0.717) is 16.3 Å². The summed E-state index contributed by atoms with van der Waals surface area (Å²) in [7, 11) is 0. The molecule has 1 heterocycles. The van der Waals surface area contributed by atoms with Crippen LogP contribution in [0.2, 0.25) is 0 Å². The van der Waals surface area contributed by atoms with E-state index < -0.39 is 11.9 Å². The van der Waals surface area contributed by atoms with E-state index in [1.165, 1.54) is 11.8 Å². The Morgan fingerprint density at radius 3 is 2.60 bits per heavy atom. The zero-order chi connectivity index (χ0) is 14.9. The predicted octanol–water partition coefficient (Wildman–Crippen LogP) is 2.14. The Hall–Kier alpha value is -1.56. The highest BCUT2D eigenvalue weighted by Crippen LogP contribution is 2.52. The van der Waals surface area contributed by atoms with Gasteiger partial charge in [-0.15, -0.1) is 11.8 Å². The lowest BCUT2D eigenvalue weighted by atomic mass is 10.1. The van der Waals surface area contributed by atoms with Gasteiger partial charge in [-0.25, -0.2) is 4.98 Å². The van der Waals surface area contributed by atoms with Crippen molar-refractivity contribution in [3.8, 4) is 0 Å². The molecule has 2 rings (SSSR count). The minimum Gasteiger partial charge on any atom is -0.481 e. The van der Waals surface area contributed by atoms with Crippen molar-refractivity contribution in [1.82, 2.24) is 4.98 Å². The third-order valence-corrected chi connectivity index (χ3v) is 4.88. The number of primary amides is 1. The fourth-order valence-electron chi connectivity index (χ4n) is 2.30. The number of carbonyl (C=O) groups is 2. The standard InChI is InChI=1S/C14H18N2O3S/c1-8-5-9(2)16-13(11(8)12(15)19)20-7-14(3-4-14)6-10(17)18/h5H,3-4,6-7H2,1-2H3,(H2,15,19)(H,17,18). The zero-order valence-corrected chi connectivity index (χ0v) is 12.4. The number of aromatic nitrogens is 1. The number of carboxylic acids is 1. The number of thioether (sulfide) groups is 1. The van der Waals surface area contributed by atoms with Crippen LogP contribution >= 0.6 is 11.8 Å². The molecule has 1 saturated carbocycles. The van der Waals surface area contributed by atoms with Crippen molar-refractivity contribution in [2.75, 3.05) is 5.75 Å². The number of nitrogens with zero attached hydrogens (tertiary/aromatic N) is 1. The summed E-state index contributed by atoms with van der Waals surface area (Å²) in [5.74, 6) is -0.595. The molecule has 1 fully saturated rings. The third-order valence-electron chi connectivity index (χ3n) is 3.56. The van der Waals surface area contributed by atoms with Crippen LogP contribution in [0.4, 0.5) is 0 Å². The third kappa shape index (κ3) is 3.30. The summed E-state index contributed by atoms with van der Waals surface area (Å²) >= 11 is 1.44. The molecule has 1 aliphatic carbocycles. The Kier molecular flexibility index (Phi) is 4.04. The number of carbonyl (C=O) groups excluding carboxylic acids is 1. The summed E-state index contributed by atoms with van der Waals surface area (Å²) < 4.78 is 0. The molecule has 20 heavy (non-hydrogen) atoms. The van der Waals surface area contributed by atoms with E-state index in [9.17, 15) is 9.59 Å².